The van der Waals surface area contributed by atoms with Crippen LogP contribution >= 0.6 is 0 Å². The molecule has 1 atom stereocenters. The van der Waals surface area contributed by atoms with E-state index < -0.39 is 16.1 Å². The molecule has 1 aromatic heterocycles. The van der Waals surface area contributed by atoms with Crippen molar-refractivity contribution in [3.63, 3.8) is 0 Å². The second-order valence-electron chi connectivity index (χ2n) is 8.54. The summed E-state index contributed by atoms with van der Waals surface area (Å²) in [4.78, 5) is 21.9. The van der Waals surface area contributed by atoms with E-state index in [1.54, 1.807) is 13.1 Å². The van der Waals surface area contributed by atoms with Crippen LogP contribution in [0.15, 0.2) is 36.5 Å². The number of rotatable bonds is 6. The number of carbonyl (C=O) groups excluding carboxylic acids is 1. The van der Waals surface area contributed by atoms with E-state index in [4.69, 9.17) is 0 Å². The zero-order chi connectivity index (χ0) is 21.8. The maximum absolute atomic E-state index is 13.3. The third kappa shape index (κ3) is 5.13. The number of hydrogen-bond donors (Lipinski definition) is 1. The van der Waals surface area contributed by atoms with Gasteiger partial charge in [-0.05, 0) is 38.2 Å². The van der Waals surface area contributed by atoms with Gasteiger partial charge < -0.3 is 5.32 Å². The predicted molar refractivity (Wildman–Crippen MR) is 119 cm³/mol. The zero-order valence-electron chi connectivity index (χ0n) is 18.0. The number of aromatic nitrogens is 2. The van der Waals surface area contributed by atoms with Gasteiger partial charge in [-0.2, -0.15) is 4.31 Å². The molecule has 1 saturated carbocycles. The first-order valence-electron chi connectivity index (χ1n) is 11.1. The summed E-state index contributed by atoms with van der Waals surface area (Å²) >= 11 is 0. The molecule has 2 heterocycles. The molecule has 8 heteroatoms. The van der Waals surface area contributed by atoms with Crippen molar-refractivity contribution < 1.29 is 13.2 Å². The van der Waals surface area contributed by atoms with Crippen molar-refractivity contribution in [2.45, 2.75) is 69.7 Å². The predicted octanol–water partition coefficient (Wildman–Crippen LogP) is 3.51. The normalized spacial score (nSPS) is 20.6. The van der Waals surface area contributed by atoms with Gasteiger partial charge in [0.15, 0.2) is 0 Å². The smallest absolute Gasteiger partial charge is 0.254 e. The lowest BCUT2D eigenvalue weighted by molar-refractivity contribution is 0.0924. The fraction of sp³-hybridized carbons (Fsp3) is 0.522. The molecule has 7 nitrogen and oxygen atoms in total. The van der Waals surface area contributed by atoms with Crippen LogP contribution in [0.1, 0.15) is 78.4 Å². The molecular formula is C23H30N4O3S. The SMILES string of the molecule is Cc1ncc(C(=O)NC2CCCCC2)c([C@H]2CCCN2S(=O)(=O)Cc2ccccc2)n1. The second kappa shape index (κ2) is 9.44. The Morgan fingerprint density at radius 1 is 1.10 bits per heavy atom. The summed E-state index contributed by atoms with van der Waals surface area (Å²) in [5.41, 5.74) is 1.67. The number of carbonyl (C=O) groups is 1. The van der Waals surface area contributed by atoms with Gasteiger partial charge in [-0.15, -0.1) is 0 Å². The molecule has 0 unspecified atom stereocenters. The molecule has 0 spiro atoms. The number of amides is 1. The van der Waals surface area contributed by atoms with E-state index in [0.29, 0.717) is 30.0 Å². The maximum Gasteiger partial charge on any atom is 0.254 e. The van der Waals surface area contributed by atoms with Gasteiger partial charge in [-0.3, -0.25) is 4.79 Å². The van der Waals surface area contributed by atoms with E-state index in [0.717, 1.165) is 37.7 Å². The van der Waals surface area contributed by atoms with Crippen molar-refractivity contribution in [2.75, 3.05) is 6.54 Å². The van der Waals surface area contributed by atoms with E-state index in [2.05, 4.69) is 15.3 Å². The molecule has 1 aromatic carbocycles. The molecule has 2 aromatic rings. The fourth-order valence-corrected chi connectivity index (χ4v) is 6.42. The van der Waals surface area contributed by atoms with Crippen molar-refractivity contribution in [2.24, 2.45) is 0 Å². The number of nitrogens with zero attached hydrogens (tertiary/aromatic N) is 3. The van der Waals surface area contributed by atoms with Crippen LogP contribution in [0.2, 0.25) is 0 Å². The first-order chi connectivity index (χ1) is 14.9. The summed E-state index contributed by atoms with van der Waals surface area (Å²) < 4.78 is 28.0. The summed E-state index contributed by atoms with van der Waals surface area (Å²) in [7, 11) is -3.55. The number of hydrogen-bond acceptors (Lipinski definition) is 5. The summed E-state index contributed by atoms with van der Waals surface area (Å²) in [6.07, 6.45) is 8.35. The molecule has 166 valence electrons. The monoisotopic (exact) mass is 442 g/mol. The average Bonchev–Trinajstić information content (AvgIpc) is 3.26. The minimum absolute atomic E-state index is 0.0575. The zero-order valence-corrected chi connectivity index (χ0v) is 18.8. The Hall–Kier alpha value is -2.32. The molecule has 1 aliphatic carbocycles. The second-order valence-corrected chi connectivity index (χ2v) is 10.5. The summed E-state index contributed by atoms with van der Waals surface area (Å²) in [5, 5.41) is 3.12. The summed E-state index contributed by atoms with van der Waals surface area (Å²) in [5.74, 6) is 0.281. The highest BCUT2D eigenvalue weighted by Gasteiger charge is 2.38. The molecular weight excluding hydrogens is 412 g/mol. The highest BCUT2D eigenvalue weighted by atomic mass is 32.2. The van der Waals surface area contributed by atoms with Crippen LogP contribution in [0.4, 0.5) is 0 Å². The third-order valence-electron chi connectivity index (χ3n) is 6.19. The van der Waals surface area contributed by atoms with E-state index in [1.165, 1.54) is 10.7 Å². The van der Waals surface area contributed by atoms with Gasteiger partial charge in [0, 0.05) is 18.8 Å². The van der Waals surface area contributed by atoms with Crippen molar-refractivity contribution in [3.8, 4) is 0 Å². The Balaban J connectivity index is 1.60. The van der Waals surface area contributed by atoms with Crippen LogP contribution in [-0.4, -0.2) is 41.2 Å². The molecule has 1 aliphatic heterocycles. The van der Waals surface area contributed by atoms with E-state index in [-0.39, 0.29) is 17.7 Å². The summed E-state index contributed by atoms with van der Waals surface area (Å²) in [6.45, 7) is 2.21. The number of sulfonamides is 1. The molecule has 1 saturated heterocycles. The van der Waals surface area contributed by atoms with Crippen molar-refractivity contribution in [1.82, 2.24) is 19.6 Å². The number of nitrogens with one attached hydrogen (secondary N) is 1. The highest BCUT2D eigenvalue weighted by molar-refractivity contribution is 7.88. The van der Waals surface area contributed by atoms with Gasteiger partial charge in [-0.1, -0.05) is 49.6 Å². The van der Waals surface area contributed by atoms with Gasteiger partial charge in [0.2, 0.25) is 10.0 Å². The van der Waals surface area contributed by atoms with Crippen LogP contribution in [0.25, 0.3) is 0 Å². The quantitative estimate of drug-likeness (QED) is 0.739. The minimum Gasteiger partial charge on any atom is -0.349 e. The minimum atomic E-state index is -3.55. The van der Waals surface area contributed by atoms with Crippen LogP contribution in [0.3, 0.4) is 0 Å². The van der Waals surface area contributed by atoms with Gasteiger partial charge in [0.1, 0.15) is 5.82 Å². The van der Waals surface area contributed by atoms with Gasteiger partial charge in [-0.25, -0.2) is 18.4 Å². The number of benzene rings is 1. The van der Waals surface area contributed by atoms with Crippen molar-refractivity contribution in [1.29, 1.82) is 0 Å². The van der Waals surface area contributed by atoms with Crippen molar-refractivity contribution >= 4 is 15.9 Å². The standard InChI is InChI=1S/C23H30N4O3S/c1-17-24-15-20(23(28)26-19-11-6-3-7-12-19)22(25-17)21-13-8-14-27(21)31(29,30)16-18-9-4-2-5-10-18/h2,4-5,9-10,15,19,21H,3,6-8,11-14,16H2,1H3,(H,26,28)/t21-/m1/s1. The topological polar surface area (TPSA) is 92.3 Å². The van der Waals surface area contributed by atoms with Gasteiger partial charge in [0.25, 0.3) is 5.91 Å². The van der Waals surface area contributed by atoms with Gasteiger partial charge in [0.05, 0.1) is 23.1 Å². The Kier molecular flexibility index (Phi) is 6.67. The Labute approximate surface area is 184 Å². The fourth-order valence-electron chi connectivity index (χ4n) is 4.64. The average molecular weight is 443 g/mol. The lowest BCUT2D eigenvalue weighted by atomic mass is 9.95. The third-order valence-corrected chi connectivity index (χ3v) is 8.04. The van der Waals surface area contributed by atoms with Crippen molar-refractivity contribution in [3.05, 3.63) is 59.2 Å². The Morgan fingerprint density at radius 3 is 2.58 bits per heavy atom. The molecule has 2 aliphatic rings. The van der Waals surface area contributed by atoms with Crippen LogP contribution in [-0.2, 0) is 15.8 Å². The molecule has 31 heavy (non-hydrogen) atoms. The van der Waals surface area contributed by atoms with E-state index in [1.807, 2.05) is 30.3 Å². The van der Waals surface area contributed by atoms with Crippen LogP contribution in [0, 0.1) is 6.92 Å². The Bertz CT molecular complexity index is 1020. The first-order valence-corrected chi connectivity index (χ1v) is 12.7. The molecule has 4 rings (SSSR count). The molecule has 2 fully saturated rings. The maximum atomic E-state index is 13.3. The van der Waals surface area contributed by atoms with Crippen LogP contribution in [0.5, 0.6) is 0 Å². The molecule has 0 radical (unpaired) electrons. The molecule has 1 N–H and O–H groups in total. The molecule has 1 amide bonds. The Morgan fingerprint density at radius 2 is 1.84 bits per heavy atom. The highest BCUT2D eigenvalue weighted by Crippen LogP contribution is 2.36. The number of aryl methyl sites for hydroxylation is 1. The lowest BCUT2D eigenvalue weighted by Gasteiger charge is -2.26. The van der Waals surface area contributed by atoms with Crippen LogP contribution < -0.4 is 5.32 Å². The van der Waals surface area contributed by atoms with Gasteiger partial charge >= 0.3 is 0 Å². The largest absolute Gasteiger partial charge is 0.349 e. The van der Waals surface area contributed by atoms with E-state index >= 15 is 0 Å². The summed E-state index contributed by atoms with van der Waals surface area (Å²) in [6, 6.07) is 8.91. The molecule has 0 bridgehead atoms. The lowest BCUT2D eigenvalue weighted by Crippen LogP contribution is -2.38. The first kappa shape index (κ1) is 21.9. The van der Waals surface area contributed by atoms with E-state index in [9.17, 15) is 13.2 Å².